The molecule has 1 aromatic rings. The van der Waals surface area contributed by atoms with E-state index in [1.807, 2.05) is 0 Å². The van der Waals surface area contributed by atoms with Gasteiger partial charge in [-0.1, -0.05) is 11.3 Å². The number of carbonyl (C=O) groups is 1. The third-order valence-corrected chi connectivity index (χ3v) is 3.15. The van der Waals surface area contributed by atoms with Crippen molar-refractivity contribution in [3.8, 4) is 0 Å². The lowest BCUT2D eigenvalue weighted by molar-refractivity contribution is -0.121. The Morgan fingerprint density at radius 2 is 2.36 bits per heavy atom. The maximum atomic E-state index is 12.8. The molecule has 0 radical (unpaired) electrons. The van der Waals surface area contributed by atoms with E-state index in [2.05, 4.69) is 15.5 Å². The van der Waals surface area contributed by atoms with Gasteiger partial charge in [0.25, 0.3) is 0 Å². The minimum absolute atomic E-state index is 0.302. The summed E-state index contributed by atoms with van der Waals surface area (Å²) in [6.07, 6.45) is -0.715. The van der Waals surface area contributed by atoms with Crippen molar-refractivity contribution in [3.05, 3.63) is 5.01 Å². The summed E-state index contributed by atoms with van der Waals surface area (Å²) in [6.45, 7) is 3.41. The smallest absolute Gasteiger partial charge is 0.235 e. The summed E-state index contributed by atoms with van der Waals surface area (Å²) in [7, 11) is 0. The molecule has 2 atom stereocenters. The van der Waals surface area contributed by atoms with Gasteiger partial charge in [-0.25, -0.2) is 4.39 Å². The van der Waals surface area contributed by atoms with Crippen LogP contribution in [-0.4, -0.2) is 22.3 Å². The molecular weight excluding hydrogens is 205 g/mol. The highest BCUT2D eigenvalue weighted by atomic mass is 32.1. The van der Waals surface area contributed by atoms with Crippen molar-refractivity contribution in [2.45, 2.75) is 26.4 Å². The van der Waals surface area contributed by atoms with Crippen molar-refractivity contribution in [2.24, 2.45) is 5.41 Å². The summed E-state index contributed by atoms with van der Waals surface area (Å²) < 4.78 is 12.8. The summed E-state index contributed by atoms with van der Waals surface area (Å²) >= 11 is 1.28. The molecule has 2 unspecified atom stereocenters. The van der Waals surface area contributed by atoms with Gasteiger partial charge in [-0.3, -0.25) is 10.1 Å². The van der Waals surface area contributed by atoms with Crippen molar-refractivity contribution >= 4 is 22.4 Å². The maximum absolute atomic E-state index is 12.8. The number of carbonyl (C=O) groups excluding carboxylic acids is 1. The van der Waals surface area contributed by atoms with Crippen LogP contribution in [0.2, 0.25) is 0 Å². The quantitative estimate of drug-likeness (QED) is 0.814. The molecule has 6 heteroatoms. The zero-order valence-electron chi connectivity index (χ0n) is 7.87. The number of aromatic nitrogens is 2. The average Bonchev–Trinajstić information content (AvgIpc) is 2.56. The fraction of sp³-hybridized carbons (Fsp3) is 0.625. The van der Waals surface area contributed by atoms with E-state index < -0.39 is 11.6 Å². The first-order chi connectivity index (χ1) is 6.52. The van der Waals surface area contributed by atoms with E-state index in [0.29, 0.717) is 11.6 Å². The molecule has 1 aliphatic rings. The second-order valence-electron chi connectivity index (χ2n) is 3.67. The average molecular weight is 215 g/mol. The first-order valence-electron chi connectivity index (χ1n) is 4.28. The van der Waals surface area contributed by atoms with Crippen LogP contribution in [0.3, 0.4) is 0 Å². The van der Waals surface area contributed by atoms with E-state index >= 15 is 0 Å². The Hall–Kier alpha value is -1.04. The van der Waals surface area contributed by atoms with Gasteiger partial charge in [0.1, 0.15) is 11.2 Å². The van der Waals surface area contributed by atoms with Gasteiger partial charge in [-0.05, 0) is 20.3 Å². The molecule has 0 saturated heterocycles. The normalized spacial score (nSPS) is 30.1. The Bertz CT molecular complexity index is 380. The lowest BCUT2D eigenvalue weighted by Crippen LogP contribution is -2.23. The van der Waals surface area contributed by atoms with Gasteiger partial charge in [0.05, 0.1) is 5.41 Å². The SMILES string of the molecule is Cc1nnc(NC(=O)C2(C)CC2F)s1. The fourth-order valence-electron chi connectivity index (χ4n) is 1.14. The number of nitrogens with one attached hydrogen (secondary N) is 1. The van der Waals surface area contributed by atoms with E-state index in [9.17, 15) is 9.18 Å². The minimum atomic E-state index is -1.02. The van der Waals surface area contributed by atoms with E-state index in [1.165, 1.54) is 11.3 Å². The lowest BCUT2D eigenvalue weighted by atomic mass is 10.1. The third kappa shape index (κ3) is 1.50. The van der Waals surface area contributed by atoms with Gasteiger partial charge in [0.2, 0.25) is 11.0 Å². The van der Waals surface area contributed by atoms with Crippen LogP contribution in [0.15, 0.2) is 0 Å². The Labute approximate surface area is 84.5 Å². The summed E-state index contributed by atoms with van der Waals surface area (Å²) in [5.41, 5.74) is -0.848. The molecular formula is C8H10FN3OS. The van der Waals surface area contributed by atoms with E-state index in [-0.39, 0.29) is 5.91 Å². The molecule has 0 spiro atoms. The lowest BCUT2D eigenvalue weighted by Gasteiger charge is -2.06. The highest BCUT2D eigenvalue weighted by molar-refractivity contribution is 7.15. The molecule has 1 aliphatic carbocycles. The molecule has 1 aromatic heterocycles. The Morgan fingerprint density at radius 3 is 2.79 bits per heavy atom. The zero-order valence-corrected chi connectivity index (χ0v) is 8.69. The van der Waals surface area contributed by atoms with Crippen molar-refractivity contribution in [1.29, 1.82) is 0 Å². The molecule has 1 amide bonds. The van der Waals surface area contributed by atoms with Gasteiger partial charge < -0.3 is 0 Å². The molecule has 1 saturated carbocycles. The molecule has 2 rings (SSSR count). The van der Waals surface area contributed by atoms with Crippen molar-refractivity contribution in [2.75, 3.05) is 5.32 Å². The molecule has 1 heterocycles. The second kappa shape index (κ2) is 2.98. The Morgan fingerprint density at radius 1 is 1.71 bits per heavy atom. The van der Waals surface area contributed by atoms with Crippen LogP contribution < -0.4 is 5.32 Å². The predicted octanol–water partition coefficient (Wildman–Crippen LogP) is 1.53. The molecule has 0 aromatic carbocycles. The van der Waals surface area contributed by atoms with E-state index in [4.69, 9.17) is 0 Å². The summed E-state index contributed by atoms with van der Waals surface area (Å²) in [6, 6.07) is 0. The molecule has 4 nitrogen and oxygen atoms in total. The van der Waals surface area contributed by atoms with Crippen LogP contribution in [-0.2, 0) is 4.79 Å². The molecule has 0 aliphatic heterocycles. The van der Waals surface area contributed by atoms with Crippen LogP contribution in [0.1, 0.15) is 18.4 Å². The van der Waals surface area contributed by atoms with Crippen molar-refractivity contribution in [1.82, 2.24) is 10.2 Å². The molecule has 1 N–H and O–H groups in total. The maximum Gasteiger partial charge on any atom is 0.235 e. The van der Waals surface area contributed by atoms with E-state index in [1.54, 1.807) is 13.8 Å². The summed E-state index contributed by atoms with van der Waals surface area (Å²) in [5.74, 6) is -0.304. The number of nitrogens with zero attached hydrogens (tertiary/aromatic N) is 2. The van der Waals surface area contributed by atoms with Gasteiger partial charge >= 0.3 is 0 Å². The van der Waals surface area contributed by atoms with Gasteiger partial charge in [0, 0.05) is 0 Å². The largest absolute Gasteiger partial charge is 0.300 e. The third-order valence-electron chi connectivity index (χ3n) is 2.40. The number of aryl methyl sites for hydroxylation is 1. The number of hydrogen-bond acceptors (Lipinski definition) is 4. The number of halogens is 1. The minimum Gasteiger partial charge on any atom is -0.300 e. The van der Waals surface area contributed by atoms with Gasteiger partial charge in [-0.15, -0.1) is 10.2 Å². The Kier molecular flexibility index (Phi) is 2.02. The van der Waals surface area contributed by atoms with Crippen LogP contribution >= 0.6 is 11.3 Å². The van der Waals surface area contributed by atoms with Crippen molar-refractivity contribution < 1.29 is 9.18 Å². The highest BCUT2D eigenvalue weighted by Crippen LogP contribution is 2.48. The molecule has 76 valence electrons. The predicted molar refractivity (Wildman–Crippen MR) is 50.9 cm³/mol. The number of amides is 1. The molecule has 0 bridgehead atoms. The fourth-order valence-corrected chi connectivity index (χ4v) is 1.72. The van der Waals surface area contributed by atoms with Crippen LogP contribution in [0.25, 0.3) is 0 Å². The number of hydrogen-bond donors (Lipinski definition) is 1. The molecule has 14 heavy (non-hydrogen) atoms. The van der Waals surface area contributed by atoms with Gasteiger partial charge in [-0.2, -0.15) is 0 Å². The number of alkyl halides is 1. The van der Waals surface area contributed by atoms with Crippen LogP contribution in [0.5, 0.6) is 0 Å². The zero-order chi connectivity index (χ0) is 10.3. The standard InChI is InChI=1S/C8H10FN3OS/c1-4-11-12-7(14-4)10-6(13)8(2)3-5(8)9/h5H,3H2,1-2H3,(H,10,12,13). The number of anilines is 1. The summed E-state index contributed by atoms with van der Waals surface area (Å²) in [4.78, 5) is 11.5. The van der Waals surface area contributed by atoms with Gasteiger partial charge in [0.15, 0.2) is 0 Å². The van der Waals surface area contributed by atoms with Crippen LogP contribution in [0, 0.1) is 12.3 Å². The topological polar surface area (TPSA) is 54.9 Å². The van der Waals surface area contributed by atoms with Crippen molar-refractivity contribution in [3.63, 3.8) is 0 Å². The Balaban J connectivity index is 2.02. The van der Waals surface area contributed by atoms with E-state index in [0.717, 1.165) is 5.01 Å². The monoisotopic (exact) mass is 215 g/mol. The first-order valence-corrected chi connectivity index (χ1v) is 5.09. The first kappa shape index (κ1) is 9.51. The number of rotatable bonds is 2. The highest BCUT2D eigenvalue weighted by Gasteiger charge is 2.57. The van der Waals surface area contributed by atoms with Crippen LogP contribution in [0.4, 0.5) is 9.52 Å². The molecule has 1 fully saturated rings. The summed E-state index contributed by atoms with van der Waals surface area (Å²) in [5, 5.41) is 11.3. The second-order valence-corrected chi connectivity index (χ2v) is 4.85.